The molecule has 0 aliphatic carbocycles. The predicted octanol–water partition coefficient (Wildman–Crippen LogP) is 3.57. The molecule has 1 heterocycles. The minimum atomic E-state index is -0.536. The van der Waals surface area contributed by atoms with Crippen LogP contribution in [-0.2, 0) is 9.53 Å². The predicted molar refractivity (Wildman–Crippen MR) is 106 cm³/mol. The first-order chi connectivity index (χ1) is 12.5. The third-order valence-corrected chi connectivity index (χ3v) is 4.36. The van der Waals surface area contributed by atoms with E-state index in [9.17, 15) is 9.59 Å². The van der Waals surface area contributed by atoms with Crippen LogP contribution in [0.1, 0.15) is 40.2 Å². The van der Waals surface area contributed by atoms with Crippen molar-refractivity contribution in [1.29, 1.82) is 0 Å². The summed E-state index contributed by atoms with van der Waals surface area (Å²) >= 11 is 0. The molecule has 148 valence electrons. The second-order valence-electron chi connectivity index (χ2n) is 8.28. The van der Waals surface area contributed by atoms with Gasteiger partial charge >= 0.3 is 6.09 Å². The smallest absolute Gasteiger partial charge is 0.410 e. The summed E-state index contributed by atoms with van der Waals surface area (Å²) in [7, 11) is 1.60. The average Bonchev–Trinajstić information content (AvgIpc) is 2.57. The lowest BCUT2D eigenvalue weighted by Crippen LogP contribution is -2.62. The standard InChI is InChI=1S/C21H30N2O4/c1-20(2,3)27-19(25)22-13-14-23(21(4,5)15-22)18(24)12-11-16-9-7-8-10-17(16)26-6/h7-12H,13-15H2,1-6H3/b12-11+. The molecule has 1 fully saturated rings. The molecule has 0 atom stereocenters. The summed E-state index contributed by atoms with van der Waals surface area (Å²) < 4.78 is 10.8. The van der Waals surface area contributed by atoms with Gasteiger partial charge in [0.05, 0.1) is 12.6 Å². The van der Waals surface area contributed by atoms with Crippen molar-refractivity contribution in [3.05, 3.63) is 35.9 Å². The number of nitrogens with zero attached hydrogens (tertiary/aromatic N) is 2. The number of hydrogen-bond donors (Lipinski definition) is 0. The molecule has 0 N–H and O–H groups in total. The Bertz CT molecular complexity index is 719. The molecule has 0 aromatic heterocycles. The maximum Gasteiger partial charge on any atom is 0.410 e. The Morgan fingerprint density at radius 3 is 2.41 bits per heavy atom. The Hall–Kier alpha value is -2.50. The highest BCUT2D eigenvalue weighted by Crippen LogP contribution is 2.24. The van der Waals surface area contributed by atoms with Crippen LogP contribution in [0.25, 0.3) is 6.08 Å². The topological polar surface area (TPSA) is 59.1 Å². The molecule has 1 aromatic rings. The minimum absolute atomic E-state index is 0.0882. The summed E-state index contributed by atoms with van der Waals surface area (Å²) in [6, 6.07) is 7.54. The van der Waals surface area contributed by atoms with E-state index in [-0.39, 0.29) is 12.0 Å². The van der Waals surface area contributed by atoms with Crippen LogP contribution in [0.5, 0.6) is 5.75 Å². The van der Waals surface area contributed by atoms with Gasteiger partial charge in [-0.3, -0.25) is 4.79 Å². The molecule has 0 unspecified atom stereocenters. The van der Waals surface area contributed by atoms with Crippen LogP contribution < -0.4 is 4.74 Å². The van der Waals surface area contributed by atoms with E-state index >= 15 is 0 Å². The molecule has 0 bridgehead atoms. The van der Waals surface area contributed by atoms with Gasteiger partial charge in [0.2, 0.25) is 5.91 Å². The van der Waals surface area contributed by atoms with Crippen LogP contribution in [0, 0.1) is 0 Å². The second-order valence-corrected chi connectivity index (χ2v) is 8.28. The Kier molecular flexibility index (Phi) is 6.19. The average molecular weight is 374 g/mol. The van der Waals surface area contributed by atoms with E-state index in [0.29, 0.717) is 19.6 Å². The number of para-hydroxylation sites is 1. The molecule has 1 aromatic carbocycles. The quantitative estimate of drug-likeness (QED) is 0.759. The van der Waals surface area contributed by atoms with Crippen LogP contribution in [0.3, 0.4) is 0 Å². The number of amides is 2. The van der Waals surface area contributed by atoms with Crippen molar-refractivity contribution in [2.24, 2.45) is 0 Å². The zero-order valence-electron chi connectivity index (χ0n) is 17.1. The van der Waals surface area contributed by atoms with Gasteiger partial charge in [-0.25, -0.2) is 4.79 Å². The molecule has 0 radical (unpaired) electrons. The molecule has 2 amide bonds. The van der Waals surface area contributed by atoms with Crippen molar-refractivity contribution in [3.63, 3.8) is 0 Å². The van der Waals surface area contributed by atoms with Crippen LogP contribution >= 0.6 is 0 Å². The van der Waals surface area contributed by atoms with Crippen LogP contribution in [0.4, 0.5) is 4.79 Å². The Morgan fingerprint density at radius 2 is 1.81 bits per heavy atom. The van der Waals surface area contributed by atoms with Gasteiger partial charge in [0.25, 0.3) is 0 Å². The fraction of sp³-hybridized carbons (Fsp3) is 0.524. The zero-order chi connectivity index (χ0) is 20.2. The van der Waals surface area contributed by atoms with E-state index in [1.54, 1.807) is 29.1 Å². The van der Waals surface area contributed by atoms with E-state index in [1.165, 1.54) is 0 Å². The minimum Gasteiger partial charge on any atom is -0.496 e. The van der Waals surface area contributed by atoms with Gasteiger partial charge in [-0.2, -0.15) is 0 Å². The summed E-state index contributed by atoms with van der Waals surface area (Å²) in [6.45, 7) is 10.8. The van der Waals surface area contributed by atoms with E-state index in [4.69, 9.17) is 9.47 Å². The lowest BCUT2D eigenvalue weighted by atomic mass is 9.98. The first-order valence-corrected chi connectivity index (χ1v) is 9.14. The highest BCUT2D eigenvalue weighted by Gasteiger charge is 2.38. The van der Waals surface area contributed by atoms with E-state index in [2.05, 4.69) is 0 Å². The van der Waals surface area contributed by atoms with Crippen LogP contribution in [0.2, 0.25) is 0 Å². The van der Waals surface area contributed by atoms with Gasteiger partial charge in [-0.15, -0.1) is 0 Å². The normalized spacial score (nSPS) is 17.1. The maximum atomic E-state index is 12.8. The number of piperazine rings is 1. The first kappa shape index (κ1) is 20.8. The Balaban J connectivity index is 2.06. The summed E-state index contributed by atoms with van der Waals surface area (Å²) in [5, 5.41) is 0. The van der Waals surface area contributed by atoms with Gasteiger partial charge < -0.3 is 19.3 Å². The largest absolute Gasteiger partial charge is 0.496 e. The van der Waals surface area contributed by atoms with Crippen molar-refractivity contribution in [3.8, 4) is 5.75 Å². The number of hydrogen-bond acceptors (Lipinski definition) is 4. The molecule has 6 nitrogen and oxygen atoms in total. The lowest BCUT2D eigenvalue weighted by molar-refractivity contribution is -0.134. The molecular weight excluding hydrogens is 344 g/mol. The fourth-order valence-corrected chi connectivity index (χ4v) is 3.10. The molecule has 0 spiro atoms. The summed E-state index contributed by atoms with van der Waals surface area (Å²) in [4.78, 5) is 28.5. The molecular formula is C21H30N2O4. The third kappa shape index (κ3) is 5.49. The Morgan fingerprint density at radius 1 is 1.15 bits per heavy atom. The molecule has 0 saturated carbocycles. The van der Waals surface area contributed by atoms with Crippen molar-refractivity contribution in [2.75, 3.05) is 26.7 Å². The number of rotatable bonds is 3. The summed E-state index contributed by atoms with van der Waals surface area (Å²) in [5.74, 6) is 0.630. The molecule has 1 saturated heterocycles. The van der Waals surface area contributed by atoms with Gasteiger partial charge in [0.15, 0.2) is 0 Å². The highest BCUT2D eigenvalue weighted by molar-refractivity contribution is 5.93. The molecule has 6 heteroatoms. The fourth-order valence-electron chi connectivity index (χ4n) is 3.10. The van der Waals surface area contributed by atoms with E-state index < -0.39 is 11.1 Å². The number of ether oxygens (including phenoxy) is 2. The number of carbonyl (C=O) groups excluding carboxylic acids is 2. The maximum absolute atomic E-state index is 12.8. The SMILES string of the molecule is COc1ccccc1/C=C/C(=O)N1CCN(C(=O)OC(C)(C)C)CC1(C)C. The van der Waals surface area contributed by atoms with Gasteiger partial charge in [0, 0.05) is 31.3 Å². The first-order valence-electron chi connectivity index (χ1n) is 9.14. The van der Waals surface area contributed by atoms with Gasteiger partial charge in [-0.05, 0) is 46.8 Å². The van der Waals surface area contributed by atoms with Crippen LogP contribution in [0.15, 0.2) is 30.3 Å². The second kappa shape index (κ2) is 8.03. The van der Waals surface area contributed by atoms with Gasteiger partial charge in [0.1, 0.15) is 11.4 Å². The highest BCUT2D eigenvalue weighted by atomic mass is 16.6. The Labute approximate surface area is 161 Å². The van der Waals surface area contributed by atoms with Crippen molar-refractivity contribution in [2.45, 2.75) is 45.8 Å². The van der Waals surface area contributed by atoms with Crippen molar-refractivity contribution in [1.82, 2.24) is 9.80 Å². The third-order valence-electron chi connectivity index (χ3n) is 4.36. The lowest BCUT2D eigenvalue weighted by Gasteiger charge is -2.46. The number of benzene rings is 1. The zero-order valence-corrected chi connectivity index (χ0v) is 17.1. The number of methoxy groups -OCH3 is 1. The van der Waals surface area contributed by atoms with Gasteiger partial charge in [-0.1, -0.05) is 18.2 Å². The van der Waals surface area contributed by atoms with E-state index in [1.807, 2.05) is 58.9 Å². The van der Waals surface area contributed by atoms with E-state index in [0.717, 1.165) is 11.3 Å². The molecule has 1 aliphatic heterocycles. The molecule has 1 aliphatic rings. The van der Waals surface area contributed by atoms with Crippen LogP contribution in [-0.4, -0.2) is 59.7 Å². The molecule has 27 heavy (non-hydrogen) atoms. The van der Waals surface area contributed by atoms with Crippen molar-refractivity contribution >= 4 is 18.1 Å². The number of carbonyl (C=O) groups is 2. The van der Waals surface area contributed by atoms with Crippen molar-refractivity contribution < 1.29 is 19.1 Å². The summed E-state index contributed by atoms with van der Waals surface area (Å²) in [5.41, 5.74) is -0.179. The summed E-state index contributed by atoms with van der Waals surface area (Å²) in [6.07, 6.45) is 2.98. The monoisotopic (exact) mass is 374 g/mol. The molecule has 2 rings (SSSR count).